The summed E-state index contributed by atoms with van der Waals surface area (Å²) in [6.07, 6.45) is 1.13. The van der Waals surface area contributed by atoms with Crippen molar-refractivity contribution in [3.8, 4) is 5.75 Å². The molecular weight excluding hydrogens is 449 g/mol. The quantitative estimate of drug-likeness (QED) is 0.176. The Morgan fingerprint density at radius 1 is 1.19 bits per heavy atom. The van der Waals surface area contributed by atoms with E-state index in [9.17, 15) is 4.79 Å². The third-order valence-corrected chi connectivity index (χ3v) is 3.49. The first-order valence-corrected chi connectivity index (χ1v) is 8.33. The van der Waals surface area contributed by atoms with Gasteiger partial charge in [0.1, 0.15) is 5.75 Å². The van der Waals surface area contributed by atoms with E-state index in [1.54, 1.807) is 14.2 Å². The van der Waals surface area contributed by atoms with E-state index in [-0.39, 0.29) is 36.4 Å². The zero-order valence-electron chi connectivity index (χ0n) is 16.0. The molecule has 0 saturated heterocycles. The van der Waals surface area contributed by atoms with E-state index in [0.717, 1.165) is 23.3 Å². The molecular formula is C18H30IN3O4. The van der Waals surface area contributed by atoms with Crippen LogP contribution in [0.1, 0.15) is 24.0 Å². The number of rotatable bonds is 10. The normalized spacial score (nSPS) is 10.7. The number of nitrogens with zero attached hydrogens (tertiary/aromatic N) is 1. The molecule has 0 aromatic heterocycles. The Kier molecular flexibility index (Phi) is 13.7. The molecule has 148 valence electrons. The van der Waals surface area contributed by atoms with E-state index in [4.69, 9.17) is 9.47 Å². The van der Waals surface area contributed by atoms with Crippen molar-refractivity contribution in [2.45, 2.75) is 26.3 Å². The minimum atomic E-state index is -0.256. The number of nitrogens with one attached hydrogen (secondary N) is 2. The topological polar surface area (TPSA) is 81.2 Å². The van der Waals surface area contributed by atoms with Gasteiger partial charge in [0, 0.05) is 45.8 Å². The number of carbonyl (C=O) groups is 1. The molecule has 1 aromatic rings. The number of esters is 1. The van der Waals surface area contributed by atoms with Gasteiger partial charge in [-0.2, -0.15) is 0 Å². The number of hydrogen-bond donors (Lipinski definition) is 2. The molecule has 0 aliphatic carbocycles. The fraction of sp³-hybridized carbons (Fsp3) is 0.556. The highest BCUT2D eigenvalue weighted by molar-refractivity contribution is 14.0. The molecule has 0 aliphatic rings. The first kappa shape index (κ1) is 24.5. The summed E-state index contributed by atoms with van der Waals surface area (Å²) in [6, 6.07) is 6.11. The fourth-order valence-electron chi connectivity index (χ4n) is 2.11. The maximum absolute atomic E-state index is 11.1. The number of guanidine groups is 1. The lowest BCUT2D eigenvalue weighted by molar-refractivity contribution is -0.140. The number of ether oxygens (including phenoxy) is 3. The van der Waals surface area contributed by atoms with E-state index in [1.165, 1.54) is 7.11 Å². The molecule has 0 heterocycles. The van der Waals surface area contributed by atoms with Crippen LogP contribution in [0.5, 0.6) is 5.75 Å². The van der Waals surface area contributed by atoms with Gasteiger partial charge in [-0.1, -0.05) is 12.1 Å². The number of carbonyl (C=O) groups excluding carboxylic acids is 1. The van der Waals surface area contributed by atoms with Gasteiger partial charge in [-0.3, -0.25) is 9.79 Å². The molecule has 0 radical (unpaired) electrons. The van der Waals surface area contributed by atoms with Gasteiger partial charge in [0.15, 0.2) is 5.96 Å². The molecule has 7 nitrogen and oxygen atoms in total. The van der Waals surface area contributed by atoms with Crippen molar-refractivity contribution >= 4 is 35.9 Å². The van der Waals surface area contributed by atoms with Gasteiger partial charge >= 0.3 is 5.97 Å². The average molecular weight is 479 g/mol. The number of hydrogen-bond acceptors (Lipinski definition) is 5. The van der Waals surface area contributed by atoms with Gasteiger partial charge < -0.3 is 24.8 Å². The zero-order chi connectivity index (χ0) is 18.5. The molecule has 0 spiro atoms. The standard InChI is InChI=1S/C18H29N3O4.HI/c1-14-6-7-15(16(12-14)25-11-5-10-23-3)13-21-18(19-2)20-9-8-17(22)24-4;/h6-7,12H,5,8-11,13H2,1-4H3,(H2,19,20,21);1H. The van der Waals surface area contributed by atoms with Crippen molar-refractivity contribution in [1.82, 2.24) is 10.6 Å². The Balaban J connectivity index is 0.00000625. The van der Waals surface area contributed by atoms with Crippen molar-refractivity contribution in [3.63, 3.8) is 0 Å². The van der Waals surface area contributed by atoms with E-state index in [0.29, 0.717) is 32.3 Å². The average Bonchev–Trinajstić information content (AvgIpc) is 2.62. The lowest BCUT2D eigenvalue weighted by Crippen LogP contribution is -2.38. The van der Waals surface area contributed by atoms with Crippen molar-refractivity contribution < 1.29 is 19.0 Å². The second kappa shape index (κ2) is 14.6. The Morgan fingerprint density at radius 3 is 2.62 bits per heavy atom. The van der Waals surface area contributed by atoms with Crippen LogP contribution < -0.4 is 15.4 Å². The maximum Gasteiger partial charge on any atom is 0.307 e. The molecule has 0 atom stereocenters. The molecule has 26 heavy (non-hydrogen) atoms. The van der Waals surface area contributed by atoms with Crippen molar-refractivity contribution in [2.24, 2.45) is 4.99 Å². The van der Waals surface area contributed by atoms with Crippen LogP contribution in [0.25, 0.3) is 0 Å². The van der Waals surface area contributed by atoms with E-state index in [2.05, 4.69) is 20.4 Å². The zero-order valence-corrected chi connectivity index (χ0v) is 18.3. The third kappa shape index (κ3) is 9.81. The minimum Gasteiger partial charge on any atom is -0.493 e. The van der Waals surface area contributed by atoms with Crippen molar-refractivity contribution in [3.05, 3.63) is 29.3 Å². The molecule has 0 aliphatic heterocycles. The summed E-state index contributed by atoms with van der Waals surface area (Å²) in [4.78, 5) is 15.3. The number of halogens is 1. The molecule has 2 N–H and O–H groups in total. The third-order valence-electron chi connectivity index (χ3n) is 3.49. The van der Waals surface area contributed by atoms with Crippen LogP contribution in [0.2, 0.25) is 0 Å². The lowest BCUT2D eigenvalue weighted by Gasteiger charge is -2.15. The van der Waals surface area contributed by atoms with Crippen molar-refractivity contribution in [2.75, 3.05) is 41.0 Å². The van der Waals surface area contributed by atoms with Crippen LogP contribution in [0.3, 0.4) is 0 Å². The summed E-state index contributed by atoms with van der Waals surface area (Å²) in [5.41, 5.74) is 2.19. The predicted octanol–water partition coefficient (Wildman–Crippen LogP) is 2.26. The molecule has 0 unspecified atom stereocenters. The van der Waals surface area contributed by atoms with Gasteiger partial charge in [-0.15, -0.1) is 24.0 Å². The fourth-order valence-corrected chi connectivity index (χ4v) is 2.11. The summed E-state index contributed by atoms with van der Waals surface area (Å²) >= 11 is 0. The second-order valence-corrected chi connectivity index (χ2v) is 5.48. The summed E-state index contributed by atoms with van der Waals surface area (Å²) in [7, 11) is 4.74. The first-order valence-electron chi connectivity index (χ1n) is 8.33. The van der Waals surface area contributed by atoms with Crippen LogP contribution in [0, 0.1) is 6.92 Å². The maximum atomic E-state index is 11.1. The summed E-state index contributed by atoms with van der Waals surface area (Å²) in [5.74, 6) is 1.22. The van der Waals surface area contributed by atoms with Crippen LogP contribution in [0.4, 0.5) is 0 Å². The molecule has 8 heteroatoms. The molecule has 1 aromatic carbocycles. The lowest BCUT2D eigenvalue weighted by atomic mass is 10.1. The Bertz CT molecular complexity index is 567. The minimum absolute atomic E-state index is 0. The van der Waals surface area contributed by atoms with Crippen LogP contribution in [-0.2, 0) is 20.8 Å². The monoisotopic (exact) mass is 479 g/mol. The number of aliphatic imine (C=N–C) groups is 1. The number of methoxy groups -OCH3 is 2. The number of aryl methyl sites for hydroxylation is 1. The smallest absolute Gasteiger partial charge is 0.307 e. The molecule has 0 fully saturated rings. The van der Waals surface area contributed by atoms with E-state index in [1.807, 2.05) is 25.1 Å². The molecule has 0 amide bonds. The predicted molar refractivity (Wildman–Crippen MR) is 113 cm³/mol. The summed E-state index contributed by atoms with van der Waals surface area (Å²) < 4.78 is 15.5. The highest BCUT2D eigenvalue weighted by Crippen LogP contribution is 2.20. The van der Waals surface area contributed by atoms with Gasteiger partial charge in [0.05, 0.1) is 20.1 Å². The Morgan fingerprint density at radius 2 is 1.96 bits per heavy atom. The summed E-state index contributed by atoms with van der Waals surface area (Å²) in [6.45, 7) is 4.34. The molecule has 0 saturated carbocycles. The van der Waals surface area contributed by atoms with Crippen LogP contribution in [0.15, 0.2) is 23.2 Å². The summed E-state index contributed by atoms with van der Waals surface area (Å²) in [5, 5.41) is 6.30. The van der Waals surface area contributed by atoms with E-state index < -0.39 is 0 Å². The highest BCUT2D eigenvalue weighted by Gasteiger charge is 2.07. The Hall–Kier alpha value is -1.55. The molecule has 1 rings (SSSR count). The van der Waals surface area contributed by atoms with Gasteiger partial charge in [0.2, 0.25) is 0 Å². The SMILES string of the molecule is CN=C(NCCC(=O)OC)NCc1ccc(C)cc1OCCCOC.I. The van der Waals surface area contributed by atoms with Crippen LogP contribution >= 0.6 is 24.0 Å². The first-order chi connectivity index (χ1) is 12.1. The van der Waals surface area contributed by atoms with Gasteiger partial charge in [-0.05, 0) is 18.6 Å². The number of benzene rings is 1. The van der Waals surface area contributed by atoms with Crippen molar-refractivity contribution in [1.29, 1.82) is 0 Å². The molecule has 0 bridgehead atoms. The Labute approximate surface area is 172 Å². The van der Waals surface area contributed by atoms with E-state index >= 15 is 0 Å². The second-order valence-electron chi connectivity index (χ2n) is 5.48. The van der Waals surface area contributed by atoms with Gasteiger partial charge in [0.25, 0.3) is 0 Å². The van der Waals surface area contributed by atoms with Crippen LogP contribution in [-0.4, -0.2) is 53.0 Å². The largest absolute Gasteiger partial charge is 0.493 e. The van der Waals surface area contributed by atoms with Gasteiger partial charge in [-0.25, -0.2) is 0 Å². The highest BCUT2D eigenvalue weighted by atomic mass is 127.